The Hall–Kier alpha value is -3.20. The minimum absolute atomic E-state index is 0.0974. The van der Waals surface area contributed by atoms with Crippen LogP contribution in [0.1, 0.15) is 44.1 Å². The lowest BCUT2D eigenvalue weighted by molar-refractivity contribution is -0.141. The first-order valence-corrected chi connectivity index (χ1v) is 15.5. The Morgan fingerprint density at radius 3 is 2.62 bits per heavy atom. The van der Waals surface area contributed by atoms with Gasteiger partial charge in [-0.2, -0.15) is 0 Å². The number of ether oxygens (including phenoxy) is 1. The standard InChI is InChI=1S/C33H39ClN4O4/c1-37(21-22-10-4-2-5-11-22)18-9-19-38-29(31(40)35-24-13-6-3-7-14-24)33-17-16-26(42-33)27(28(33)32(38)41)30(39)36-25-15-8-12-23(34)20-25/h2,4-5,8,10-12,15-17,20,24,26-29H,3,6-7,9,13-14,18-19,21H2,1H3,(H,35,40)(H,36,39)/t26-,27+,28-,29+,33+/m1/s1. The van der Waals surface area contributed by atoms with Crippen LogP contribution in [0.4, 0.5) is 5.69 Å². The highest BCUT2D eigenvalue weighted by Crippen LogP contribution is 2.55. The van der Waals surface area contributed by atoms with Crippen LogP contribution in [0.25, 0.3) is 0 Å². The number of carbonyl (C=O) groups is 3. The molecule has 2 saturated heterocycles. The van der Waals surface area contributed by atoms with E-state index < -0.39 is 29.6 Å². The van der Waals surface area contributed by atoms with Gasteiger partial charge in [-0.1, -0.05) is 79.4 Å². The van der Waals surface area contributed by atoms with Gasteiger partial charge in [-0.3, -0.25) is 14.4 Å². The summed E-state index contributed by atoms with van der Waals surface area (Å²) < 4.78 is 6.48. The van der Waals surface area contributed by atoms with E-state index in [1.54, 1.807) is 29.2 Å². The third kappa shape index (κ3) is 5.60. The smallest absolute Gasteiger partial charge is 0.246 e. The van der Waals surface area contributed by atoms with E-state index in [0.717, 1.165) is 38.8 Å². The van der Waals surface area contributed by atoms with Gasteiger partial charge in [0.1, 0.15) is 11.6 Å². The Morgan fingerprint density at radius 1 is 1.07 bits per heavy atom. The van der Waals surface area contributed by atoms with Crippen LogP contribution in [0, 0.1) is 11.8 Å². The molecule has 9 heteroatoms. The fourth-order valence-corrected chi connectivity index (χ4v) is 7.50. The molecular weight excluding hydrogens is 552 g/mol. The summed E-state index contributed by atoms with van der Waals surface area (Å²) in [5.74, 6) is -2.19. The number of anilines is 1. The van der Waals surface area contributed by atoms with Gasteiger partial charge in [0.2, 0.25) is 17.7 Å². The molecule has 1 saturated carbocycles. The number of nitrogens with zero attached hydrogens (tertiary/aromatic N) is 2. The van der Waals surface area contributed by atoms with Gasteiger partial charge < -0.3 is 25.2 Å². The number of rotatable bonds is 10. The molecule has 3 fully saturated rings. The molecule has 8 nitrogen and oxygen atoms in total. The van der Waals surface area contributed by atoms with E-state index in [1.807, 2.05) is 30.4 Å². The molecule has 0 unspecified atom stereocenters. The van der Waals surface area contributed by atoms with Crippen LogP contribution in [-0.2, 0) is 25.7 Å². The first kappa shape index (κ1) is 28.9. The Morgan fingerprint density at radius 2 is 1.86 bits per heavy atom. The third-order valence-corrected chi connectivity index (χ3v) is 9.44. The Balaban J connectivity index is 1.21. The number of likely N-dealkylation sites (tertiary alicyclic amines) is 1. The molecule has 3 heterocycles. The normalized spacial score (nSPS) is 28.4. The number of benzene rings is 2. The Labute approximate surface area is 252 Å². The zero-order valence-corrected chi connectivity index (χ0v) is 24.8. The summed E-state index contributed by atoms with van der Waals surface area (Å²) in [4.78, 5) is 45.7. The van der Waals surface area contributed by atoms with Crippen LogP contribution >= 0.6 is 11.6 Å². The molecule has 3 aliphatic heterocycles. The average Bonchev–Trinajstić information content (AvgIpc) is 3.61. The minimum Gasteiger partial charge on any atom is -0.359 e. The van der Waals surface area contributed by atoms with Gasteiger partial charge in [0, 0.05) is 29.8 Å². The molecule has 6 rings (SSSR count). The molecule has 2 aromatic carbocycles. The minimum atomic E-state index is -1.16. The summed E-state index contributed by atoms with van der Waals surface area (Å²) in [6, 6.07) is 16.5. The number of halogens is 1. The maximum absolute atomic E-state index is 14.2. The summed E-state index contributed by atoms with van der Waals surface area (Å²) in [6.45, 7) is 1.96. The molecular formula is C33H39ClN4O4. The van der Waals surface area contributed by atoms with Crippen LogP contribution in [0.15, 0.2) is 66.7 Å². The number of fused-ring (bicyclic) bond motifs is 1. The number of carbonyl (C=O) groups excluding carboxylic acids is 3. The number of amides is 3. The van der Waals surface area contributed by atoms with Gasteiger partial charge >= 0.3 is 0 Å². The van der Waals surface area contributed by atoms with E-state index in [-0.39, 0.29) is 23.8 Å². The van der Waals surface area contributed by atoms with Crippen molar-refractivity contribution < 1.29 is 19.1 Å². The van der Waals surface area contributed by atoms with Crippen LogP contribution in [0.2, 0.25) is 5.02 Å². The molecule has 0 aromatic heterocycles. The zero-order chi connectivity index (χ0) is 29.3. The van der Waals surface area contributed by atoms with Crippen LogP contribution in [-0.4, -0.2) is 71.4 Å². The second kappa shape index (κ2) is 12.2. The van der Waals surface area contributed by atoms with Crippen molar-refractivity contribution in [1.82, 2.24) is 15.1 Å². The van der Waals surface area contributed by atoms with Gasteiger partial charge in [0.15, 0.2) is 0 Å². The lowest BCUT2D eigenvalue weighted by atomic mass is 9.74. The number of hydrogen-bond acceptors (Lipinski definition) is 5. The van der Waals surface area contributed by atoms with Gasteiger partial charge in [0.05, 0.1) is 17.9 Å². The van der Waals surface area contributed by atoms with Gasteiger partial charge in [-0.05, 0) is 56.6 Å². The molecule has 0 radical (unpaired) electrons. The molecule has 2 aromatic rings. The third-order valence-electron chi connectivity index (χ3n) is 9.20. The van der Waals surface area contributed by atoms with E-state index in [0.29, 0.717) is 23.7 Å². The monoisotopic (exact) mass is 590 g/mol. The highest BCUT2D eigenvalue weighted by atomic mass is 35.5. The topological polar surface area (TPSA) is 91.0 Å². The molecule has 2 bridgehead atoms. The second-order valence-corrected chi connectivity index (χ2v) is 12.6. The molecule has 1 aliphatic carbocycles. The molecule has 4 aliphatic rings. The van der Waals surface area contributed by atoms with E-state index in [1.165, 1.54) is 12.0 Å². The molecule has 42 heavy (non-hydrogen) atoms. The lowest BCUT2D eigenvalue weighted by Gasteiger charge is -2.34. The highest BCUT2D eigenvalue weighted by Gasteiger charge is 2.72. The summed E-state index contributed by atoms with van der Waals surface area (Å²) in [5.41, 5.74) is 0.621. The van der Waals surface area contributed by atoms with Gasteiger partial charge in [0.25, 0.3) is 0 Å². The highest BCUT2D eigenvalue weighted by molar-refractivity contribution is 6.30. The average molecular weight is 591 g/mol. The van der Waals surface area contributed by atoms with Gasteiger partial charge in [-0.25, -0.2) is 0 Å². The molecule has 2 N–H and O–H groups in total. The molecule has 5 atom stereocenters. The fourth-order valence-electron chi connectivity index (χ4n) is 7.31. The first-order valence-electron chi connectivity index (χ1n) is 15.1. The van der Waals surface area contributed by atoms with Crippen molar-refractivity contribution in [2.24, 2.45) is 11.8 Å². The van der Waals surface area contributed by atoms with Crippen LogP contribution in [0.5, 0.6) is 0 Å². The summed E-state index contributed by atoms with van der Waals surface area (Å²) >= 11 is 6.14. The number of hydrogen-bond donors (Lipinski definition) is 2. The predicted molar refractivity (Wildman–Crippen MR) is 162 cm³/mol. The van der Waals surface area contributed by atoms with Crippen LogP contribution < -0.4 is 10.6 Å². The van der Waals surface area contributed by atoms with Gasteiger partial charge in [-0.15, -0.1) is 0 Å². The maximum Gasteiger partial charge on any atom is 0.246 e. The van der Waals surface area contributed by atoms with E-state index in [4.69, 9.17) is 16.3 Å². The molecule has 222 valence electrons. The Bertz CT molecular complexity index is 1350. The van der Waals surface area contributed by atoms with Crippen molar-refractivity contribution in [3.8, 4) is 0 Å². The first-order chi connectivity index (χ1) is 20.4. The largest absolute Gasteiger partial charge is 0.359 e. The summed E-state index contributed by atoms with van der Waals surface area (Å²) in [5, 5.41) is 6.69. The number of nitrogens with one attached hydrogen (secondary N) is 2. The van der Waals surface area contributed by atoms with Crippen molar-refractivity contribution in [1.29, 1.82) is 0 Å². The fraction of sp³-hybridized carbons (Fsp3) is 0.485. The second-order valence-electron chi connectivity index (χ2n) is 12.2. The predicted octanol–water partition coefficient (Wildman–Crippen LogP) is 4.40. The van der Waals surface area contributed by atoms with Crippen molar-refractivity contribution in [3.05, 3.63) is 77.3 Å². The van der Waals surface area contributed by atoms with Crippen molar-refractivity contribution in [3.63, 3.8) is 0 Å². The van der Waals surface area contributed by atoms with Crippen molar-refractivity contribution in [2.75, 3.05) is 25.5 Å². The van der Waals surface area contributed by atoms with Crippen LogP contribution in [0.3, 0.4) is 0 Å². The summed E-state index contributed by atoms with van der Waals surface area (Å²) in [6.07, 6.45) is 9.09. The summed E-state index contributed by atoms with van der Waals surface area (Å²) in [7, 11) is 2.06. The van der Waals surface area contributed by atoms with E-state index in [2.05, 4.69) is 34.7 Å². The zero-order valence-electron chi connectivity index (χ0n) is 24.0. The van der Waals surface area contributed by atoms with E-state index in [9.17, 15) is 14.4 Å². The SMILES string of the molecule is CN(CCCN1C(=O)[C@H]2[C@@H](C(=O)Nc3cccc(Cl)c3)[C@H]3C=C[C@@]2(O3)[C@@H]1C(=O)NC1CCCCC1)Cc1ccccc1. The quantitative estimate of drug-likeness (QED) is 0.400. The van der Waals surface area contributed by atoms with Crippen molar-refractivity contribution >= 4 is 35.0 Å². The van der Waals surface area contributed by atoms with Crippen molar-refractivity contribution in [2.45, 2.75) is 68.9 Å². The Kier molecular flexibility index (Phi) is 8.39. The lowest BCUT2D eigenvalue weighted by Crippen LogP contribution is -2.56. The van der Waals surface area contributed by atoms with E-state index >= 15 is 0 Å². The molecule has 3 amide bonds. The maximum atomic E-state index is 14.2. The molecule has 1 spiro atoms.